The number of rotatable bonds is 3. The SMILES string of the molecule is COc1cccc(Cc2nc3c([nH]2)CNCC3)c1. The molecule has 2 N–H and O–H groups in total. The lowest BCUT2D eigenvalue weighted by atomic mass is 10.1. The summed E-state index contributed by atoms with van der Waals surface area (Å²) in [5, 5.41) is 3.35. The maximum absolute atomic E-state index is 5.23. The first kappa shape index (κ1) is 11.3. The van der Waals surface area contributed by atoms with E-state index in [-0.39, 0.29) is 0 Å². The number of nitrogens with zero attached hydrogens (tertiary/aromatic N) is 1. The summed E-state index contributed by atoms with van der Waals surface area (Å²) in [5.74, 6) is 1.93. The van der Waals surface area contributed by atoms with E-state index in [4.69, 9.17) is 4.74 Å². The second-order valence-corrected chi connectivity index (χ2v) is 4.56. The van der Waals surface area contributed by atoms with Crippen molar-refractivity contribution < 1.29 is 4.74 Å². The number of H-pyrrole nitrogens is 1. The van der Waals surface area contributed by atoms with Crippen molar-refractivity contribution in [1.29, 1.82) is 0 Å². The second kappa shape index (κ2) is 4.82. The van der Waals surface area contributed by atoms with Gasteiger partial charge >= 0.3 is 0 Å². The molecule has 0 atom stereocenters. The molecule has 0 aliphatic carbocycles. The van der Waals surface area contributed by atoms with Crippen LogP contribution < -0.4 is 10.1 Å². The first-order chi connectivity index (χ1) is 8.85. The van der Waals surface area contributed by atoms with Gasteiger partial charge in [-0.1, -0.05) is 12.1 Å². The number of hydrogen-bond donors (Lipinski definition) is 2. The Morgan fingerprint density at radius 2 is 2.33 bits per heavy atom. The van der Waals surface area contributed by atoms with Gasteiger partial charge in [0, 0.05) is 25.9 Å². The molecule has 0 saturated heterocycles. The molecule has 0 fully saturated rings. The van der Waals surface area contributed by atoms with Gasteiger partial charge in [0.25, 0.3) is 0 Å². The number of imidazole rings is 1. The molecule has 0 radical (unpaired) electrons. The quantitative estimate of drug-likeness (QED) is 0.862. The van der Waals surface area contributed by atoms with E-state index in [0.29, 0.717) is 0 Å². The molecule has 2 aromatic rings. The van der Waals surface area contributed by atoms with Gasteiger partial charge in [0.2, 0.25) is 0 Å². The summed E-state index contributed by atoms with van der Waals surface area (Å²) >= 11 is 0. The topological polar surface area (TPSA) is 49.9 Å². The molecule has 1 aromatic heterocycles. The monoisotopic (exact) mass is 243 g/mol. The van der Waals surface area contributed by atoms with Crippen molar-refractivity contribution in [2.24, 2.45) is 0 Å². The summed E-state index contributed by atoms with van der Waals surface area (Å²) in [4.78, 5) is 8.07. The van der Waals surface area contributed by atoms with Crippen LogP contribution in [0.5, 0.6) is 5.75 Å². The lowest BCUT2D eigenvalue weighted by molar-refractivity contribution is 0.414. The predicted octanol–water partition coefficient (Wildman–Crippen LogP) is 1.65. The van der Waals surface area contributed by atoms with Gasteiger partial charge in [0.15, 0.2) is 0 Å². The maximum Gasteiger partial charge on any atom is 0.119 e. The molecule has 0 unspecified atom stereocenters. The van der Waals surface area contributed by atoms with Crippen molar-refractivity contribution >= 4 is 0 Å². The number of methoxy groups -OCH3 is 1. The Morgan fingerprint density at radius 3 is 3.17 bits per heavy atom. The van der Waals surface area contributed by atoms with Crippen LogP contribution in [0.15, 0.2) is 24.3 Å². The average molecular weight is 243 g/mol. The zero-order valence-electron chi connectivity index (χ0n) is 10.5. The number of benzene rings is 1. The molecule has 0 amide bonds. The summed E-state index contributed by atoms with van der Waals surface area (Å²) in [6.45, 7) is 1.93. The van der Waals surface area contributed by atoms with Crippen LogP contribution in [0.1, 0.15) is 22.8 Å². The maximum atomic E-state index is 5.23. The number of nitrogens with one attached hydrogen (secondary N) is 2. The fraction of sp³-hybridized carbons (Fsp3) is 0.357. The molecule has 1 aliphatic rings. The Balaban J connectivity index is 1.81. The first-order valence-corrected chi connectivity index (χ1v) is 6.25. The molecule has 94 valence electrons. The Labute approximate surface area is 106 Å². The van der Waals surface area contributed by atoms with Gasteiger partial charge in [-0.15, -0.1) is 0 Å². The van der Waals surface area contributed by atoms with Gasteiger partial charge in [-0.05, 0) is 17.7 Å². The fourth-order valence-corrected chi connectivity index (χ4v) is 2.34. The molecule has 1 aliphatic heterocycles. The Morgan fingerprint density at radius 1 is 1.39 bits per heavy atom. The Kier molecular flexibility index (Phi) is 3.02. The van der Waals surface area contributed by atoms with Crippen molar-refractivity contribution in [3.63, 3.8) is 0 Å². The minimum absolute atomic E-state index is 0.824. The third-order valence-electron chi connectivity index (χ3n) is 3.26. The van der Waals surface area contributed by atoms with Crippen molar-refractivity contribution in [2.45, 2.75) is 19.4 Å². The molecule has 0 bridgehead atoms. The van der Waals surface area contributed by atoms with Crippen molar-refractivity contribution in [3.8, 4) is 5.75 Å². The summed E-state index contributed by atoms with van der Waals surface area (Å²) in [6, 6.07) is 8.13. The normalized spacial score (nSPS) is 14.3. The standard InChI is InChI=1S/C14H17N3O/c1-18-11-4-2-3-10(7-11)8-14-16-12-5-6-15-9-13(12)17-14/h2-4,7,15H,5-6,8-9H2,1H3,(H,16,17). The molecule has 0 saturated carbocycles. The predicted molar refractivity (Wildman–Crippen MR) is 69.8 cm³/mol. The lowest BCUT2D eigenvalue weighted by Gasteiger charge is -2.09. The summed E-state index contributed by atoms with van der Waals surface area (Å²) < 4.78 is 5.23. The van der Waals surface area contributed by atoms with Gasteiger partial charge in [0.1, 0.15) is 11.6 Å². The van der Waals surface area contributed by atoms with Gasteiger partial charge in [-0.2, -0.15) is 0 Å². The average Bonchev–Trinajstić information content (AvgIpc) is 2.81. The molecular weight excluding hydrogens is 226 g/mol. The third kappa shape index (κ3) is 2.24. The number of hydrogen-bond acceptors (Lipinski definition) is 3. The van der Waals surface area contributed by atoms with Gasteiger partial charge in [0.05, 0.1) is 18.5 Å². The van der Waals surface area contributed by atoms with Crippen LogP contribution >= 0.6 is 0 Å². The Hall–Kier alpha value is -1.81. The van der Waals surface area contributed by atoms with Gasteiger partial charge in [-0.3, -0.25) is 0 Å². The molecule has 18 heavy (non-hydrogen) atoms. The highest BCUT2D eigenvalue weighted by atomic mass is 16.5. The zero-order chi connectivity index (χ0) is 12.4. The van der Waals surface area contributed by atoms with Crippen molar-refractivity contribution in [1.82, 2.24) is 15.3 Å². The van der Waals surface area contributed by atoms with E-state index < -0.39 is 0 Å². The fourth-order valence-electron chi connectivity index (χ4n) is 2.34. The van der Waals surface area contributed by atoms with Gasteiger partial charge in [-0.25, -0.2) is 4.98 Å². The second-order valence-electron chi connectivity index (χ2n) is 4.56. The molecule has 4 heteroatoms. The smallest absolute Gasteiger partial charge is 0.119 e. The number of ether oxygens (including phenoxy) is 1. The number of aromatic amines is 1. The van der Waals surface area contributed by atoms with Crippen LogP contribution in [0.2, 0.25) is 0 Å². The van der Waals surface area contributed by atoms with Crippen LogP contribution in [0, 0.1) is 0 Å². The summed E-state index contributed by atoms with van der Waals surface area (Å²) in [6.07, 6.45) is 1.84. The number of fused-ring (bicyclic) bond motifs is 1. The van der Waals surface area contributed by atoms with Crippen molar-refractivity contribution in [2.75, 3.05) is 13.7 Å². The van der Waals surface area contributed by atoms with E-state index in [1.165, 1.54) is 17.0 Å². The third-order valence-corrected chi connectivity index (χ3v) is 3.26. The van der Waals surface area contributed by atoms with E-state index in [2.05, 4.69) is 27.4 Å². The largest absolute Gasteiger partial charge is 0.497 e. The highest BCUT2D eigenvalue weighted by Crippen LogP contribution is 2.17. The molecule has 0 spiro atoms. The van der Waals surface area contributed by atoms with E-state index in [1.54, 1.807) is 7.11 Å². The van der Waals surface area contributed by atoms with Crippen LogP contribution in [-0.2, 0) is 19.4 Å². The molecule has 3 rings (SSSR count). The first-order valence-electron chi connectivity index (χ1n) is 6.25. The summed E-state index contributed by atoms with van der Waals surface area (Å²) in [5.41, 5.74) is 3.67. The molecular formula is C14H17N3O. The minimum atomic E-state index is 0.824. The number of aromatic nitrogens is 2. The highest BCUT2D eigenvalue weighted by Gasteiger charge is 2.13. The minimum Gasteiger partial charge on any atom is -0.497 e. The van der Waals surface area contributed by atoms with Crippen LogP contribution in [0.25, 0.3) is 0 Å². The van der Waals surface area contributed by atoms with Gasteiger partial charge < -0.3 is 15.0 Å². The van der Waals surface area contributed by atoms with E-state index >= 15 is 0 Å². The molecule has 1 aromatic carbocycles. The summed E-state index contributed by atoms with van der Waals surface area (Å²) in [7, 11) is 1.69. The highest BCUT2D eigenvalue weighted by molar-refractivity contribution is 5.31. The molecule has 4 nitrogen and oxygen atoms in total. The van der Waals surface area contributed by atoms with E-state index in [0.717, 1.165) is 37.5 Å². The Bertz CT molecular complexity index is 524. The van der Waals surface area contributed by atoms with Crippen LogP contribution in [0.4, 0.5) is 0 Å². The van der Waals surface area contributed by atoms with Crippen LogP contribution in [-0.4, -0.2) is 23.6 Å². The zero-order valence-corrected chi connectivity index (χ0v) is 10.5. The van der Waals surface area contributed by atoms with Crippen LogP contribution in [0.3, 0.4) is 0 Å². The molecule has 2 heterocycles. The van der Waals surface area contributed by atoms with Crippen molar-refractivity contribution in [3.05, 3.63) is 47.0 Å². The van der Waals surface area contributed by atoms with E-state index in [1.807, 2.05) is 12.1 Å². The van der Waals surface area contributed by atoms with E-state index in [9.17, 15) is 0 Å². The lowest BCUT2D eigenvalue weighted by Crippen LogP contribution is -2.23.